The van der Waals surface area contributed by atoms with Gasteiger partial charge in [0.2, 0.25) is 5.91 Å². The average molecular weight is 418 g/mol. The van der Waals surface area contributed by atoms with E-state index < -0.39 is 5.60 Å². The number of nitrogens with zero attached hydrogens (tertiary/aromatic N) is 1. The van der Waals surface area contributed by atoms with Gasteiger partial charge in [0.05, 0.1) is 12.5 Å². The van der Waals surface area contributed by atoms with E-state index in [4.69, 9.17) is 9.47 Å². The smallest absolute Gasteiger partial charge is 0.410 e. The van der Waals surface area contributed by atoms with Crippen LogP contribution in [0.1, 0.15) is 51.5 Å². The first kappa shape index (κ1) is 22.4. The summed E-state index contributed by atoms with van der Waals surface area (Å²) in [5.41, 5.74) is 0.469. The fourth-order valence-electron chi connectivity index (χ4n) is 4.01. The summed E-state index contributed by atoms with van der Waals surface area (Å²) in [4.78, 5) is 27.4. The number of ether oxygens (including phenoxy) is 2. The summed E-state index contributed by atoms with van der Waals surface area (Å²) in [6.07, 6.45) is 2.10. The number of fused-ring (bicyclic) bond motifs is 4. The van der Waals surface area contributed by atoms with Crippen LogP contribution >= 0.6 is 0 Å². The molecule has 0 unspecified atom stereocenters. The zero-order valence-electron chi connectivity index (χ0n) is 18.4. The van der Waals surface area contributed by atoms with Gasteiger partial charge < -0.3 is 25.0 Å². The molecule has 0 spiro atoms. The van der Waals surface area contributed by atoms with Crippen LogP contribution in [0.2, 0.25) is 0 Å². The minimum Gasteiger partial charge on any atom is -0.493 e. The number of carbonyl (C=O) groups is 2. The maximum absolute atomic E-state index is 12.9. The molecule has 2 amide bonds. The van der Waals surface area contributed by atoms with Crippen LogP contribution in [0.15, 0.2) is 24.3 Å². The fraction of sp³-hybridized carbons (Fsp3) is 0.652. The highest BCUT2D eigenvalue weighted by Crippen LogP contribution is 2.36. The minimum absolute atomic E-state index is 0.00142. The molecule has 2 heterocycles. The predicted octanol–water partition coefficient (Wildman–Crippen LogP) is 2.91. The molecule has 0 aromatic heterocycles. The molecule has 1 fully saturated rings. The third-order valence-electron chi connectivity index (χ3n) is 5.42. The lowest BCUT2D eigenvalue weighted by Gasteiger charge is -2.38. The molecular formula is C23H35N3O4. The normalized spacial score (nSPS) is 23.8. The second-order valence-electron chi connectivity index (χ2n) is 9.15. The Morgan fingerprint density at radius 1 is 1.10 bits per heavy atom. The van der Waals surface area contributed by atoms with Gasteiger partial charge in [-0.25, -0.2) is 4.79 Å². The van der Waals surface area contributed by atoms with Crippen LogP contribution in [-0.4, -0.2) is 61.8 Å². The number of piperidine rings is 1. The SMILES string of the molecule is CC(C)(C)OC(=O)N1C[C@H]2C[C@@H](C1)c1ccccc1OCCCNCCCNC2=O. The molecule has 1 aromatic carbocycles. The highest BCUT2D eigenvalue weighted by Gasteiger charge is 2.37. The van der Waals surface area contributed by atoms with Crippen molar-refractivity contribution in [2.45, 2.75) is 51.6 Å². The van der Waals surface area contributed by atoms with Crippen LogP contribution in [0.5, 0.6) is 5.75 Å². The van der Waals surface area contributed by atoms with Crippen molar-refractivity contribution in [3.8, 4) is 5.75 Å². The van der Waals surface area contributed by atoms with Gasteiger partial charge >= 0.3 is 6.09 Å². The number of rotatable bonds is 0. The number of hydrogen-bond donors (Lipinski definition) is 2. The number of likely N-dealkylation sites (tertiary alicyclic amines) is 1. The van der Waals surface area contributed by atoms with Gasteiger partial charge in [-0.05, 0) is 64.8 Å². The molecule has 30 heavy (non-hydrogen) atoms. The molecule has 166 valence electrons. The van der Waals surface area contributed by atoms with Crippen molar-refractivity contribution < 1.29 is 19.1 Å². The van der Waals surface area contributed by atoms with Crippen LogP contribution in [0.25, 0.3) is 0 Å². The number of para-hydroxylation sites is 1. The second kappa shape index (κ2) is 10.2. The number of amides is 2. The van der Waals surface area contributed by atoms with Crippen molar-refractivity contribution in [2.24, 2.45) is 5.92 Å². The molecule has 2 bridgehead atoms. The summed E-state index contributed by atoms with van der Waals surface area (Å²) in [5, 5.41) is 6.43. The Balaban J connectivity index is 1.86. The van der Waals surface area contributed by atoms with Crippen LogP contribution in [0.3, 0.4) is 0 Å². The van der Waals surface area contributed by atoms with Crippen molar-refractivity contribution in [2.75, 3.05) is 39.3 Å². The third kappa shape index (κ3) is 6.36. The molecule has 2 aliphatic rings. The standard InChI is InChI=1S/C23H35N3O4/c1-23(2,3)30-22(28)26-15-17-14-18(16-26)21(27)25-12-6-10-24-11-7-13-29-20-9-5-4-8-19(17)20/h4-5,8-9,17-18,24H,6-7,10-16H2,1-3H3,(H,25,27)/t17-,18+/m0/s1. The molecule has 2 aliphatic heterocycles. The van der Waals surface area contributed by atoms with E-state index in [-0.39, 0.29) is 23.8 Å². The molecule has 1 saturated heterocycles. The monoisotopic (exact) mass is 417 g/mol. The molecule has 3 rings (SSSR count). The number of carbonyl (C=O) groups excluding carboxylic acids is 2. The predicted molar refractivity (Wildman–Crippen MR) is 116 cm³/mol. The van der Waals surface area contributed by atoms with Crippen LogP contribution in [0.4, 0.5) is 4.79 Å². The topological polar surface area (TPSA) is 79.9 Å². The quantitative estimate of drug-likeness (QED) is 0.679. The summed E-state index contributed by atoms with van der Waals surface area (Å²) < 4.78 is 11.7. The van der Waals surface area contributed by atoms with E-state index >= 15 is 0 Å². The van der Waals surface area contributed by atoms with Gasteiger partial charge in [-0.3, -0.25) is 4.79 Å². The Hall–Kier alpha value is -2.28. The van der Waals surface area contributed by atoms with Crippen molar-refractivity contribution >= 4 is 12.0 Å². The van der Waals surface area contributed by atoms with E-state index in [2.05, 4.69) is 10.6 Å². The molecule has 1 aromatic rings. The van der Waals surface area contributed by atoms with Gasteiger partial charge in [0.25, 0.3) is 0 Å². The van der Waals surface area contributed by atoms with Crippen molar-refractivity contribution in [1.29, 1.82) is 0 Å². The third-order valence-corrected chi connectivity index (χ3v) is 5.42. The molecule has 7 nitrogen and oxygen atoms in total. The lowest BCUT2D eigenvalue weighted by atomic mass is 9.83. The van der Waals surface area contributed by atoms with Crippen LogP contribution < -0.4 is 15.4 Å². The molecule has 0 saturated carbocycles. The molecule has 2 N–H and O–H groups in total. The Kier molecular flexibility index (Phi) is 7.58. The highest BCUT2D eigenvalue weighted by atomic mass is 16.6. The minimum atomic E-state index is -0.578. The van der Waals surface area contributed by atoms with E-state index in [1.807, 2.05) is 45.0 Å². The van der Waals surface area contributed by atoms with E-state index in [1.54, 1.807) is 4.90 Å². The van der Waals surface area contributed by atoms with Gasteiger partial charge in [-0.1, -0.05) is 18.2 Å². The van der Waals surface area contributed by atoms with E-state index in [0.717, 1.165) is 37.2 Å². The van der Waals surface area contributed by atoms with Crippen molar-refractivity contribution in [3.05, 3.63) is 29.8 Å². The van der Waals surface area contributed by atoms with E-state index in [0.29, 0.717) is 32.7 Å². The Labute approximate surface area is 179 Å². The molecule has 2 atom stereocenters. The van der Waals surface area contributed by atoms with E-state index in [1.165, 1.54) is 0 Å². The van der Waals surface area contributed by atoms with Gasteiger partial charge in [0, 0.05) is 25.6 Å². The first-order valence-corrected chi connectivity index (χ1v) is 11.0. The summed E-state index contributed by atoms with van der Waals surface area (Å²) in [6, 6.07) is 7.97. The lowest BCUT2D eigenvalue weighted by molar-refractivity contribution is -0.126. The Morgan fingerprint density at radius 3 is 2.63 bits per heavy atom. The fourth-order valence-corrected chi connectivity index (χ4v) is 4.01. The van der Waals surface area contributed by atoms with Gasteiger partial charge in [0.1, 0.15) is 11.4 Å². The highest BCUT2D eigenvalue weighted by molar-refractivity contribution is 5.80. The molecule has 0 radical (unpaired) electrons. The average Bonchev–Trinajstić information content (AvgIpc) is 2.70. The van der Waals surface area contributed by atoms with Gasteiger partial charge in [-0.15, -0.1) is 0 Å². The zero-order valence-corrected chi connectivity index (χ0v) is 18.4. The summed E-state index contributed by atoms with van der Waals surface area (Å²) in [7, 11) is 0. The Morgan fingerprint density at radius 2 is 1.83 bits per heavy atom. The van der Waals surface area contributed by atoms with Gasteiger partial charge in [0.15, 0.2) is 0 Å². The number of nitrogens with one attached hydrogen (secondary N) is 2. The van der Waals surface area contributed by atoms with Crippen molar-refractivity contribution in [1.82, 2.24) is 15.5 Å². The van der Waals surface area contributed by atoms with Gasteiger partial charge in [-0.2, -0.15) is 0 Å². The Bertz CT molecular complexity index is 731. The number of hydrogen-bond acceptors (Lipinski definition) is 5. The summed E-state index contributed by atoms with van der Waals surface area (Å²) in [5.74, 6) is 0.577. The first-order valence-electron chi connectivity index (χ1n) is 11.0. The summed E-state index contributed by atoms with van der Waals surface area (Å²) >= 11 is 0. The second-order valence-corrected chi connectivity index (χ2v) is 9.15. The maximum atomic E-state index is 12.9. The summed E-state index contributed by atoms with van der Waals surface area (Å²) in [6.45, 7) is 9.46. The molecule has 0 aliphatic carbocycles. The van der Waals surface area contributed by atoms with Crippen LogP contribution in [0, 0.1) is 5.92 Å². The first-order chi connectivity index (χ1) is 14.3. The van der Waals surface area contributed by atoms with Crippen molar-refractivity contribution in [3.63, 3.8) is 0 Å². The number of benzene rings is 1. The molecular weight excluding hydrogens is 382 g/mol. The lowest BCUT2D eigenvalue weighted by Crippen LogP contribution is -2.49. The zero-order chi connectivity index (χ0) is 21.6. The maximum Gasteiger partial charge on any atom is 0.410 e. The largest absolute Gasteiger partial charge is 0.493 e. The van der Waals surface area contributed by atoms with Crippen LogP contribution in [-0.2, 0) is 9.53 Å². The molecule has 7 heteroatoms. The van der Waals surface area contributed by atoms with E-state index in [9.17, 15) is 9.59 Å².